The lowest BCUT2D eigenvalue weighted by atomic mass is 9.96. The summed E-state index contributed by atoms with van der Waals surface area (Å²) in [5.74, 6) is 0.219. The number of thioether (sulfide) groups is 1. The van der Waals surface area contributed by atoms with Crippen molar-refractivity contribution in [2.24, 2.45) is 5.92 Å². The van der Waals surface area contributed by atoms with Crippen molar-refractivity contribution in [3.05, 3.63) is 45.8 Å². The number of pyridine rings is 1. The number of fused-ring (bicyclic) bond motifs is 1. The van der Waals surface area contributed by atoms with E-state index >= 15 is 0 Å². The van der Waals surface area contributed by atoms with Crippen LogP contribution in [0.25, 0.3) is 10.9 Å². The van der Waals surface area contributed by atoms with Crippen molar-refractivity contribution < 1.29 is 4.74 Å². The second kappa shape index (κ2) is 7.87. The molecular weight excluding hydrogens is 398 g/mol. The average Bonchev–Trinajstić information content (AvgIpc) is 3.08. The summed E-state index contributed by atoms with van der Waals surface area (Å²) in [6, 6.07) is 9.46. The summed E-state index contributed by atoms with van der Waals surface area (Å²) in [7, 11) is 0. The van der Waals surface area contributed by atoms with Gasteiger partial charge in [0.2, 0.25) is 0 Å². The molecule has 0 aliphatic carbocycles. The van der Waals surface area contributed by atoms with Crippen LogP contribution in [-0.4, -0.2) is 34.2 Å². The van der Waals surface area contributed by atoms with Gasteiger partial charge in [0.25, 0.3) is 5.56 Å². The Hall–Kier alpha value is -2.47. The molecule has 1 aromatic carbocycles. The molecule has 0 spiro atoms. The van der Waals surface area contributed by atoms with E-state index in [4.69, 9.17) is 16.3 Å². The van der Waals surface area contributed by atoms with Crippen LogP contribution in [0.5, 0.6) is 0 Å². The van der Waals surface area contributed by atoms with Crippen molar-refractivity contribution in [2.45, 2.75) is 17.4 Å². The number of nitrogens with one attached hydrogen (secondary N) is 2. The van der Waals surface area contributed by atoms with Gasteiger partial charge in [-0.1, -0.05) is 11.6 Å². The first-order valence-electron chi connectivity index (χ1n) is 8.80. The zero-order chi connectivity index (χ0) is 19.7. The number of H-pyrrole nitrogens is 1. The van der Waals surface area contributed by atoms with Crippen molar-refractivity contribution >= 4 is 45.8 Å². The van der Waals surface area contributed by atoms with Crippen molar-refractivity contribution in [1.29, 1.82) is 5.26 Å². The third-order valence-corrected chi connectivity index (χ3v) is 6.07. The summed E-state index contributed by atoms with van der Waals surface area (Å²) in [6.07, 6.45) is 4.18. The maximum absolute atomic E-state index is 12.5. The van der Waals surface area contributed by atoms with Gasteiger partial charge in [-0.05, 0) is 36.9 Å². The fraction of sp³-hybridized carbons (Fsp3) is 0.316. The van der Waals surface area contributed by atoms with Crippen LogP contribution in [0, 0.1) is 17.2 Å². The van der Waals surface area contributed by atoms with E-state index in [0.717, 1.165) is 10.6 Å². The van der Waals surface area contributed by atoms with Gasteiger partial charge in [0.1, 0.15) is 5.39 Å². The summed E-state index contributed by atoms with van der Waals surface area (Å²) in [5, 5.41) is 18.5. The van der Waals surface area contributed by atoms with Crippen molar-refractivity contribution in [2.75, 3.05) is 24.8 Å². The van der Waals surface area contributed by atoms with Crippen LogP contribution < -0.4 is 10.9 Å². The number of halogens is 1. The highest BCUT2D eigenvalue weighted by Crippen LogP contribution is 2.33. The second-order valence-electron chi connectivity index (χ2n) is 6.50. The van der Waals surface area contributed by atoms with Gasteiger partial charge in [0, 0.05) is 23.4 Å². The lowest BCUT2D eigenvalue weighted by Gasteiger charge is -2.27. The molecule has 144 valence electrons. The normalized spacial score (nSPS) is 19.5. The summed E-state index contributed by atoms with van der Waals surface area (Å²) in [6.45, 7) is 0.945. The number of aromatic amines is 1. The number of hydrogen-bond donors (Lipinski definition) is 2. The highest BCUT2D eigenvalue weighted by atomic mass is 35.5. The number of nitrogens with zero attached hydrogens (tertiary/aromatic N) is 3. The van der Waals surface area contributed by atoms with E-state index in [1.54, 1.807) is 34.8 Å². The minimum atomic E-state index is -0.245. The third-order valence-electron chi connectivity index (χ3n) is 4.85. The van der Waals surface area contributed by atoms with E-state index < -0.39 is 0 Å². The van der Waals surface area contributed by atoms with Crippen molar-refractivity contribution in [3.8, 4) is 6.07 Å². The van der Waals surface area contributed by atoms with Gasteiger partial charge in [-0.3, -0.25) is 9.48 Å². The summed E-state index contributed by atoms with van der Waals surface area (Å²) >= 11 is 7.73. The molecule has 28 heavy (non-hydrogen) atoms. The van der Waals surface area contributed by atoms with Gasteiger partial charge in [-0.15, -0.1) is 11.8 Å². The van der Waals surface area contributed by atoms with Crippen molar-refractivity contribution in [3.63, 3.8) is 0 Å². The highest BCUT2D eigenvalue weighted by Gasteiger charge is 2.30. The molecule has 2 N–H and O–H groups in total. The molecule has 1 fully saturated rings. The third kappa shape index (κ3) is 3.37. The van der Waals surface area contributed by atoms with Gasteiger partial charge in [-0.2, -0.15) is 10.4 Å². The fourth-order valence-electron chi connectivity index (χ4n) is 3.43. The minimum Gasteiger partial charge on any atom is -0.379 e. The lowest BCUT2D eigenvalue weighted by Crippen LogP contribution is -2.30. The smallest absolute Gasteiger partial charge is 0.261 e. The quantitative estimate of drug-likeness (QED) is 0.626. The molecule has 1 aliphatic rings. The first kappa shape index (κ1) is 18.9. The van der Waals surface area contributed by atoms with Crippen LogP contribution in [0.1, 0.15) is 12.5 Å². The largest absolute Gasteiger partial charge is 0.379 e. The minimum absolute atomic E-state index is 0.220. The van der Waals surface area contributed by atoms with Gasteiger partial charge in [-0.25, -0.2) is 0 Å². The van der Waals surface area contributed by atoms with E-state index in [2.05, 4.69) is 21.5 Å². The maximum Gasteiger partial charge on any atom is 0.261 e. The van der Waals surface area contributed by atoms with E-state index in [9.17, 15) is 10.1 Å². The Balaban J connectivity index is 1.81. The molecule has 1 unspecified atom stereocenters. The van der Waals surface area contributed by atoms with Crippen LogP contribution in [-0.2, 0) is 4.74 Å². The highest BCUT2D eigenvalue weighted by molar-refractivity contribution is 7.98. The Bertz CT molecular complexity index is 1120. The zero-order valence-electron chi connectivity index (χ0n) is 15.1. The summed E-state index contributed by atoms with van der Waals surface area (Å²) in [4.78, 5) is 16.2. The molecule has 0 bridgehead atoms. The van der Waals surface area contributed by atoms with Crippen LogP contribution in [0.3, 0.4) is 0 Å². The average molecular weight is 416 g/mol. The van der Waals surface area contributed by atoms with E-state index in [-0.39, 0.29) is 17.5 Å². The predicted molar refractivity (Wildman–Crippen MR) is 110 cm³/mol. The lowest BCUT2D eigenvalue weighted by molar-refractivity contribution is 0.0359. The Labute approximate surface area is 170 Å². The van der Waals surface area contributed by atoms with E-state index in [1.165, 1.54) is 0 Å². The molecule has 0 saturated carbocycles. The summed E-state index contributed by atoms with van der Waals surface area (Å²) in [5.41, 5.74) is 1.21. The molecule has 7 nitrogen and oxygen atoms in total. The molecule has 3 aromatic rings. The Morgan fingerprint density at radius 2 is 2.32 bits per heavy atom. The van der Waals surface area contributed by atoms with Gasteiger partial charge in [0.15, 0.2) is 5.82 Å². The molecule has 2 atom stereocenters. The van der Waals surface area contributed by atoms with Gasteiger partial charge >= 0.3 is 0 Å². The van der Waals surface area contributed by atoms with Crippen LogP contribution in [0.4, 0.5) is 11.5 Å². The molecule has 0 radical (unpaired) electrons. The van der Waals surface area contributed by atoms with Gasteiger partial charge < -0.3 is 15.0 Å². The van der Waals surface area contributed by atoms with Crippen LogP contribution in [0.15, 0.2) is 40.2 Å². The molecule has 0 amide bonds. The van der Waals surface area contributed by atoms with Crippen LogP contribution >= 0.6 is 23.4 Å². The standard InChI is InChI=1S/C19H18ClN5O2S/c1-28-16-8-12(2-3-13(16)20)23-18-17-14(4-6-22-19(17)26)25(24-18)15-10-27-7-5-11(15)9-21/h2-4,6,8,11,15H,5,7,10H2,1H3,(H,22,26)(H,23,24)/t11-,15?/m1/s1. The predicted octanol–water partition coefficient (Wildman–Crippen LogP) is 3.94. The number of benzene rings is 1. The Kier molecular flexibility index (Phi) is 5.31. The molecule has 3 heterocycles. The zero-order valence-corrected chi connectivity index (χ0v) is 16.7. The second-order valence-corrected chi connectivity index (χ2v) is 7.76. The number of aromatic nitrogens is 3. The Morgan fingerprint density at radius 3 is 3.11 bits per heavy atom. The van der Waals surface area contributed by atoms with Crippen molar-refractivity contribution in [1.82, 2.24) is 14.8 Å². The SMILES string of the molecule is CSc1cc(Nc2nn(C3COCC[C@@H]3C#N)c3cc[nH]c(=O)c23)ccc1Cl. The van der Waals surface area contributed by atoms with Gasteiger partial charge in [0.05, 0.1) is 35.2 Å². The topological polar surface area (TPSA) is 95.7 Å². The molecule has 4 rings (SSSR count). The maximum atomic E-state index is 12.5. The Morgan fingerprint density at radius 1 is 1.46 bits per heavy atom. The molecule has 1 aliphatic heterocycles. The molecule has 1 saturated heterocycles. The summed E-state index contributed by atoms with van der Waals surface area (Å²) < 4.78 is 7.32. The molecule has 9 heteroatoms. The number of ether oxygens (including phenoxy) is 1. The van der Waals surface area contributed by atoms with Crippen LogP contribution in [0.2, 0.25) is 5.02 Å². The first-order valence-corrected chi connectivity index (χ1v) is 10.4. The van der Waals surface area contributed by atoms with E-state index in [0.29, 0.717) is 41.4 Å². The first-order chi connectivity index (χ1) is 13.6. The number of nitriles is 1. The van der Waals surface area contributed by atoms with E-state index in [1.807, 2.05) is 18.4 Å². The number of rotatable bonds is 4. The molecular formula is C19H18ClN5O2S. The number of anilines is 2. The fourth-order valence-corrected chi connectivity index (χ4v) is 4.29. The molecule has 2 aromatic heterocycles. The monoisotopic (exact) mass is 415 g/mol. The number of hydrogen-bond acceptors (Lipinski definition) is 6.